The molecule has 0 aliphatic rings. The number of hydrogen-bond acceptors (Lipinski definition) is 7. The van der Waals surface area contributed by atoms with Gasteiger partial charge in [-0.15, -0.1) is 0 Å². The van der Waals surface area contributed by atoms with Gasteiger partial charge >= 0.3 is 5.97 Å². The summed E-state index contributed by atoms with van der Waals surface area (Å²) in [5.41, 5.74) is 5.40. The van der Waals surface area contributed by atoms with Gasteiger partial charge in [0.2, 0.25) is 10.0 Å². The van der Waals surface area contributed by atoms with Crippen molar-refractivity contribution >= 4 is 68.1 Å². The lowest BCUT2D eigenvalue weighted by atomic mass is 10.3. The van der Waals surface area contributed by atoms with E-state index in [9.17, 15) is 18.0 Å². The first kappa shape index (κ1) is 23.2. The number of anilines is 2. The van der Waals surface area contributed by atoms with E-state index in [2.05, 4.69) is 10.3 Å². The number of sulfonamides is 1. The van der Waals surface area contributed by atoms with E-state index in [1.54, 1.807) is 0 Å². The molecule has 0 atom stereocenters. The SMILES string of the molecule is CN(C)S(=O)(=O)c1ccc(NC(=O)COC(=O)c2nc(Cl)c(Cl)c(N)c2Cl)cc1. The number of esters is 1. The molecule has 1 aromatic carbocycles. The van der Waals surface area contributed by atoms with Crippen LogP contribution in [0, 0.1) is 0 Å². The molecule has 1 aromatic heterocycles. The van der Waals surface area contributed by atoms with Gasteiger partial charge in [0.1, 0.15) is 5.02 Å². The van der Waals surface area contributed by atoms with Gasteiger partial charge in [-0.25, -0.2) is 22.5 Å². The number of halogens is 3. The van der Waals surface area contributed by atoms with Crippen molar-refractivity contribution in [1.29, 1.82) is 0 Å². The number of nitrogen functional groups attached to an aromatic ring is 1. The van der Waals surface area contributed by atoms with Gasteiger partial charge in [-0.2, -0.15) is 0 Å². The van der Waals surface area contributed by atoms with Crippen LogP contribution in [0.2, 0.25) is 15.2 Å². The average Bonchev–Trinajstić information content (AvgIpc) is 2.67. The first-order valence-electron chi connectivity index (χ1n) is 7.74. The summed E-state index contributed by atoms with van der Waals surface area (Å²) in [6.45, 7) is -0.658. The fourth-order valence-corrected chi connectivity index (χ4v) is 3.47. The molecular weight excluding hydrogens is 467 g/mol. The molecule has 0 aliphatic heterocycles. The van der Waals surface area contributed by atoms with E-state index < -0.39 is 28.5 Å². The van der Waals surface area contributed by atoms with Crippen molar-refractivity contribution in [2.75, 3.05) is 31.8 Å². The molecule has 13 heteroatoms. The Morgan fingerprint density at radius 1 is 1.14 bits per heavy atom. The minimum atomic E-state index is -3.59. The number of ether oxygens (including phenoxy) is 1. The van der Waals surface area contributed by atoms with Gasteiger partial charge < -0.3 is 15.8 Å². The third-order valence-electron chi connectivity index (χ3n) is 3.52. The Hall–Kier alpha value is -2.11. The van der Waals surface area contributed by atoms with Crippen LogP contribution in [-0.4, -0.2) is 50.3 Å². The van der Waals surface area contributed by atoms with Gasteiger partial charge in [0.05, 0.1) is 15.6 Å². The average molecular weight is 482 g/mol. The molecule has 0 saturated heterocycles. The predicted molar refractivity (Wildman–Crippen MR) is 110 cm³/mol. The standard InChI is InChI=1S/C16H15Cl3N4O5S/c1-23(2)29(26,27)9-5-3-8(4-6-9)21-10(24)7-28-16(25)14-11(17)13(20)12(18)15(19)22-14/h3-6H,7H2,1-2H3,(H2,20,22)(H,21,24). The molecule has 0 unspecified atom stereocenters. The van der Waals surface area contributed by atoms with Crippen LogP contribution in [0.4, 0.5) is 11.4 Å². The maximum Gasteiger partial charge on any atom is 0.359 e. The van der Waals surface area contributed by atoms with Crippen LogP contribution in [0.1, 0.15) is 10.5 Å². The summed E-state index contributed by atoms with van der Waals surface area (Å²) < 4.78 is 29.9. The summed E-state index contributed by atoms with van der Waals surface area (Å²) >= 11 is 17.4. The predicted octanol–water partition coefficient (Wildman–Crippen LogP) is 2.67. The van der Waals surface area contributed by atoms with Gasteiger partial charge in [-0.1, -0.05) is 34.8 Å². The largest absolute Gasteiger partial charge is 0.451 e. The van der Waals surface area contributed by atoms with Crippen LogP contribution < -0.4 is 11.1 Å². The summed E-state index contributed by atoms with van der Waals surface area (Å²) in [7, 11) is -0.778. The Morgan fingerprint density at radius 2 is 1.72 bits per heavy atom. The van der Waals surface area contributed by atoms with Crippen molar-refractivity contribution in [2.24, 2.45) is 0 Å². The number of aromatic nitrogens is 1. The van der Waals surface area contributed by atoms with Crippen LogP contribution in [0.3, 0.4) is 0 Å². The van der Waals surface area contributed by atoms with Gasteiger partial charge in [0.25, 0.3) is 5.91 Å². The highest BCUT2D eigenvalue weighted by atomic mass is 35.5. The summed E-state index contributed by atoms with van der Waals surface area (Å²) in [5.74, 6) is -1.70. The highest BCUT2D eigenvalue weighted by molar-refractivity contribution is 7.89. The maximum atomic E-state index is 12.1. The zero-order chi connectivity index (χ0) is 21.9. The fourth-order valence-electron chi connectivity index (χ4n) is 1.98. The van der Waals surface area contributed by atoms with E-state index in [4.69, 9.17) is 45.3 Å². The molecule has 0 saturated carbocycles. The zero-order valence-electron chi connectivity index (χ0n) is 15.1. The van der Waals surface area contributed by atoms with Gasteiger partial charge in [0.15, 0.2) is 17.5 Å². The van der Waals surface area contributed by atoms with Crippen molar-refractivity contribution in [3.05, 3.63) is 45.2 Å². The maximum absolute atomic E-state index is 12.1. The van der Waals surface area contributed by atoms with Crippen molar-refractivity contribution in [1.82, 2.24) is 9.29 Å². The molecule has 2 rings (SSSR count). The Bertz CT molecular complexity index is 1060. The third-order valence-corrected chi connectivity index (χ3v) is 6.48. The van der Waals surface area contributed by atoms with Crippen molar-refractivity contribution in [2.45, 2.75) is 4.90 Å². The number of nitrogens with one attached hydrogen (secondary N) is 1. The first-order chi connectivity index (χ1) is 13.4. The Balaban J connectivity index is 2.01. The lowest BCUT2D eigenvalue weighted by molar-refractivity contribution is -0.119. The highest BCUT2D eigenvalue weighted by Crippen LogP contribution is 2.34. The Kier molecular flexibility index (Phi) is 7.30. The molecule has 9 nitrogen and oxygen atoms in total. The molecule has 0 spiro atoms. The summed E-state index contributed by atoms with van der Waals surface area (Å²) in [5, 5.41) is 1.86. The van der Waals surface area contributed by atoms with Gasteiger partial charge in [-0.3, -0.25) is 4.79 Å². The molecule has 1 amide bonds. The highest BCUT2D eigenvalue weighted by Gasteiger charge is 2.22. The number of pyridine rings is 1. The lowest BCUT2D eigenvalue weighted by Crippen LogP contribution is -2.23. The van der Waals surface area contributed by atoms with E-state index in [0.29, 0.717) is 5.69 Å². The minimum absolute atomic E-state index is 0.0600. The van der Waals surface area contributed by atoms with Crippen LogP contribution in [-0.2, 0) is 19.6 Å². The zero-order valence-corrected chi connectivity index (χ0v) is 18.2. The van der Waals surface area contributed by atoms with E-state index in [1.165, 1.54) is 38.4 Å². The number of rotatable bonds is 6. The fraction of sp³-hybridized carbons (Fsp3) is 0.188. The van der Waals surface area contributed by atoms with Crippen LogP contribution in [0.5, 0.6) is 0 Å². The molecule has 29 heavy (non-hydrogen) atoms. The number of hydrogen-bond donors (Lipinski definition) is 2. The second kappa shape index (κ2) is 9.14. The van der Waals surface area contributed by atoms with Crippen LogP contribution >= 0.6 is 34.8 Å². The monoisotopic (exact) mass is 480 g/mol. The van der Waals surface area contributed by atoms with E-state index >= 15 is 0 Å². The second-order valence-electron chi connectivity index (χ2n) is 5.73. The van der Waals surface area contributed by atoms with Gasteiger partial charge in [0, 0.05) is 19.8 Å². The Morgan fingerprint density at radius 3 is 2.28 bits per heavy atom. The second-order valence-corrected chi connectivity index (χ2v) is 8.99. The summed E-state index contributed by atoms with van der Waals surface area (Å²) in [6, 6.07) is 5.46. The van der Waals surface area contributed by atoms with Crippen LogP contribution in [0.15, 0.2) is 29.2 Å². The molecule has 0 bridgehead atoms. The minimum Gasteiger partial charge on any atom is -0.451 e. The normalized spacial score (nSPS) is 11.4. The molecule has 2 aromatic rings. The molecule has 156 valence electrons. The lowest BCUT2D eigenvalue weighted by Gasteiger charge is -2.12. The van der Waals surface area contributed by atoms with Crippen LogP contribution in [0.25, 0.3) is 0 Å². The summed E-state index contributed by atoms with van der Waals surface area (Å²) in [6.07, 6.45) is 0. The first-order valence-corrected chi connectivity index (χ1v) is 10.3. The molecule has 0 radical (unpaired) electrons. The van der Waals surface area contributed by atoms with Crippen molar-refractivity contribution in [3.63, 3.8) is 0 Å². The molecular formula is C16H15Cl3N4O5S. The van der Waals surface area contributed by atoms with E-state index in [1.807, 2.05) is 0 Å². The number of carbonyl (C=O) groups excluding carboxylic acids is 2. The molecule has 3 N–H and O–H groups in total. The van der Waals surface area contributed by atoms with Crippen molar-refractivity contribution in [3.8, 4) is 0 Å². The number of carbonyl (C=O) groups is 2. The number of amides is 1. The van der Waals surface area contributed by atoms with Crippen molar-refractivity contribution < 1.29 is 22.7 Å². The number of nitrogens with two attached hydrogens (primary N) is 1. The van der Waals surface area contributed by atoms with Gasteiger partial charge in [-0.05, 0) is 24.3 Å². The van der Waals surface area contributed by atoms with E-state index in [-0.39, 0.29) is 31.5 Å². The topological polar surface area (TPSA) is 132 Å². The molecule has 1 heterocycles. The smallest absolute Gasteiger partial charge is 0.359 e. The summed E-state index contributed by atoms with van der Waals surface area (Å²) in [4.78, 5) is 27.8. The Labute approximate surface area is 181 Å². The number of benzene rings is 1. The number of nitrogens with zero attached hydrogens (tertiary/aromatic N) is 2. The molecule has 0 aliphatic carbocycles. The quantitative estimate of drug-likeness (QED) is 0.479. The molecule has 0 fully saturated rings. The third kappa shape index (κ3) is 5.28. The van der Waals surface area contributed by atoms with E-state index in [0.717, 1.165) is 4.31 Å².